The predicted molar refractivity (Wildman–Crippen MR) is 160 cm³/mol. The third kappa shape index (κ3) is 7.07. The molecule has 5 rings (SSSR count). The maximum atomic E-state index is 13.1. The lowest BCUT2D eigenvalue weighted by Crippen LogP contribution is -2.35. The van der Waals surface area contributed by atoms with Gasteiger partial charge in [0.2, 0.25) is 10.0 Å². The van der Waals surface area contributed by atoms with Gasteiger partial charge in [0.05, 0.1) is 17.6 Å². The van der Waals surface area contributed by atoms with Crippen LogP contribution in [0.4, 0.5) is 5.69 Å². The first kappa shape index (κ1) is 29.5. The molecule has 42 heavy (non-hydrogen) atoms. The van der Waals surface area contributed by atoms with Crippen LogP contribution in [0.5, 0.6) is 5.75 Å². The Balaban J connectivity index is 1.12. The van der Waals surface area contributed by atoms with Gasteiger partial charge in [-0.15, -0.1) is 5.10 Å². The van der Waals surface area contributed by atoms with Gasteiger partial charge in [-0.25, -0.2) is 13.1 Å². The summed E-state index contributed by atoms with van der Waals surface area (Å²) in [5.41, 5.74) is 2.70. The molecule has 1 saturated heterocycles. The average molecular weight is 593 g/mol. The van der Waals surface area contributed by atoms with E-state index in [0.29, 0.717) is 23.4 Å². The fraction of sp³-hybridized carbons (Fsp3) is 0.367. The van der Waals surface area contributed by atoms with Crippen molar-refractivity contribution in [3.8, 4) is 5.75 Å². The molecule has 1 aliphatic heterocycles. The molecule has 0 amide bonds. The van der Waals surface area contributed by atoms with Crippen LogP contribution in [0.2, 0.25) is 0 Å². The van der Waals surface area contributed by atoms with E-state index in [4.69, 9.17) is 9.47 Å². The summed E-state index contributed by atoms with van der Waals surface area (Å²) in [6.45, 7) is 2.98. The number of hydrogen-bond acceptors (Lipinski definition) is 9. The summed E-state index contributed by atoms with van der Waals surface area (Å²) < 4.78 is 41.9. The van der Waals surface area contributed by atoms with Gasteiger partial charge in [0, 0.05) is 50.1 Å². The van der Waals surface area contributed by atoms with Crippen molar-refractivity contribution in [2.75, 3.05) is 32.1 Å². The van der Waals surface area contributed by atoms with E-state index in [1.807, 2.05) is 67.5 Å². The van der Waals surface area contributed by atoms with Gasteiger partial charge >= 0.3 is 5.97 Å². The van der Waals surface area contributed by atoms with Crippen LogP contribution in [0.15, 0.2) is 71.8 Å². The average Bonchev–Trinajstić information content (AvgIpc) is 3.60. The highest BCUT2D eigenvalue weighted by atomic mass is 32.2. The molecule has 0 saturated carbocycles. The number of anilines is 1. The Kier molecular flexibility index (Phi) is 9.05. The lowest BCUT2D eigenvalue weighted by Gasteiger charge is -2.19. The van der Waals surface area contributed by atoms with Crippen LogP contribution in [-0.2, 0) is 39.1 Å². The van der Waals surface area contributed by atoms with Gasteiger partial charge in [0.1, 0.15) is 24.2 Å². The van der Waals surface area contributed by atoms with Crippen molar-refractivity contribution in [3.63, 3.8) is 0 Å². The second-order valence-corrected chi connectivity index (χ2v) is 12.3. The van der Waals surface area contributed by atoms with Crippen LogP contribution in [0, 0.1) is 0 Å². The summed E-state index contributed by atoms with van der Waals surface area (Å²) in [6, 6.07) is 18.9. The monoisotopic (exact) mass is 592 g/mol. The van der Waals surface area contributed by atoms with E-state index < -0.39 is 10.0 Å². The Morgan fingerprint density at radius 1 is 1.10 bits per heavy atom. The zero-order chi connectivity index (χ0) is 29.7. The third-order valence-electron chi connectivity index (χ3n) is 7.22. The number of aromatic nitrogens is 3. The highest BCUT2D eigenvalue weighted by molar-refractivity contribution is 7.89. The molecular formula is C30H36N6O5S. The lowest BCUT2D eigenvalue weighted by atomic mass is 10.0. The van der Waals surface area contributed by atoms with Crippen molar-refractivity contribution in [1.29, 1.82) is 0 Å². The number of hydrogen-bond donors (Lipinski definition) is 2. The van der Waals surface area contributed by atoms with Crippen LogP contribution >= 0.6 is 0 Å². The number of carbonyl (C=O) groups excluding carboxylic acids is 1. The number of carbonyl (C=O) groups is 1. The highest BCUT2D eigenvalue weighted by Gasteiger charge is 2.29. The summed E-state index contributed by atoms with van der Waals surface area (Å²) in [5, 5.41) is 13.2. The van der Waals surface area contributed by atoms with E-state index in [9.17, 15) is 13.2 Å². The molecule has 0 spiro atoms. The van der Waals surface area contributed by atoms with Crippen molar-refractivity contribution in [2.24, 2.45) is 0 Å². The van der Waals surface area contributed by atoms with Crippen molar-refractivity contribution in [2.45, 2.75) is 50.0 Å². The zero-order valence-electron chi connectivity index (χ0n) is 24.0. The van der Waals surface area contributed by atoms with Gasteiger partial charge < -0.3 is 19.7 Å². The van der Waals surface area contributed by atoms with Crippen LogP contribution in [0.25, 0.3) is 10.8 Å². The van der Waals surface area contributed by atoms with E-state index >= 15 is 0 Å². The van der Waals surface area contributed by atoms with Crippen molar-refractivity contribution >= 4 is 32.5 Å². The molecule has 4 aromatic rings. The van der Waals surface area contributed by atoms with E-state index in [1.165, 1.54) is 6.92 Å². The molecule has 11 nitrogen and oxygen atoms in total. The highest BCUT2D eigenvalue weighted by Crippen LogP contribution is 2.30. The Bertz CT molecular complexity index is 1640. The minimum atomic E-state index is -3.74. The van der Waals surface area contributed by atoms with E-state index in [1.54, 1.807) is 23.0 Å². The quantitative estimate of drug-likeness (QED) is 0.239. The normalized spacial score (nSPS) is 16.9. The number of benzene rings is 3. The largest absolute Gasteiger partial charge is 0.487 e. The fourth-order valence-electron chi connectivity index (χ4n) is 5.21. The van der Waals surface area contributed by atoms with Crippen LogP contribution in [-0.4, -0.2) is 68.7 Å². The first-order valence-electron chi connectivity index (χ1n) is 13.9. The van der Waals surface area contributed by atoms with Crippen LogP contribution < -0.4 is 19.7 Å². The maximum Gasteiger partial charge on any atom is 0.302 e. The molecule has 12 heteroatoms. The number of ether oxygens (including phenoxy) is 2. The third-order valence-corrected chi connectivity index (χ3v) is 8.74. The fourth-order valence-corrected chi connectivity index (χ4v) is 6.45. The first-order chi connectivity index (χ1) is 20.2. The van der Waals surface area contributed by atoms with Gasteiger partial charge in [-0.05, 0) is 49.2 Å². The summed E-state index contributed by atoms with van der Waals surface area (Å²) in [7, 11) is 0.124. The zero-order valence-corrected chi connectivity index (χ0v) is 24.8. The minimum Gasteiger partial charge on any atom is -0.487 e. The minimum absolute atomic E-state index is 0.100. The summed E-state index contributed by atoms with van der Waals surface area (Å²) in [5.74, 6) is 0.444. The number of sulfonamides is 1. The molecule has 0 bridgehead atoms. The molecular weight excluding hydrogens is 556 g/mol. The Labute approximate surface area is 245 Å². The molecule has 0 radical (unpaired) electrons. The SMILES string of the molecule is CC(=O)O[C@@H]1CCN[C@@H]1Cc1ccc(OCc2cn(CCNS(=O)(=O)c3cccc4c(N(C)C)cccc34)nn2)cc1. The van der Waals surface area contributed by atoms with Gasteiger partial charge in [0.15, 0.2) is 0 Å². The van der Waals surface area contributed by atoms with E-state index in [-0.39, 0.29) is 36.2 Å². The predicted octanol–water partition coefficient (Wildman–Crippen LogP) is 2.89. The van der Waals surface area contributed by atoms with Gasteiger partial charge in [-0.3, -0.25) is 9.48 Å². The number of fused-ring (bicyclic) bond motifs is 1. The molecule has 2 N–H and O–H groups in total. The molecule has 1 aromatic heterocycles. The topological polar surface area (TPSA) is 128 Å². The smallest absolute Gasteiger partial charge is 0.302 e. The number of nitrogens with one attached hydrogen (secondary N) is 2. The standard InChI is InChI=1S/C30H36N6O5S/c1-21(37)41-29-14-15-31-27(29)18-22-10-12-24(13-11-22)40-20-23-19-36(34-33-23)17-16-32-42(38,39)30-9-5-6-25-26(30)7-4-8-28(25)35(2)3/h4-13,19,27,29,31-32H,14-18,20H2,1-3H3/t27-,29-/m1/s1. The van der Waals surface area contributed by atoms with Crippen molar-refractivity contribution < 1.29 is 22.7 Å². The maximum absolute atomic E-state index is 13.1. The van der Waals surface area contributed by atoms with Gasteiger partial charge in [-0.1, -0.05) is 41.6 Å². The molecule has 222 valence electrons. The van der Waals surface area contributed by atoms with Crippen molar-refractivity contribution in [3.05, 3.63) is 78.1 Å². The van der Waals surface area contributed by atoms with E-state index in [2.05, 4.69) is 20.4 Å². The molecule has 0 unspecified atom stereocenters. The Morgan fingerprint density at radius 3 is 2.62 bits per heavy atom. The first-order valence-corrected chi connectivity index (χ1v) is 15.4. The Morgan fingerprint density at radius 2 is 1.86 bits per heavy atom. The summed E-state index contributed by atoms with van der Waals surface area (Å²) in [6.07, 6.45) is 3.21. The van der Waals surface area contributed by atoms with Crippen LogP contribution in [0.1, 0.15) is 24.6 Å². The number of esters is 1. The number of rotatable bonds is 12. The van der Waals surface area contributed by atoms with Crippen molar-refractivity contribution in [1.82, 2.24) is 25.0 Å². The lowest BCUT2D eigenvalue weighted by molar-refractivity contribution is -0.146. The molecule has 2 heterocycles. The molecule has 0 aliphatic carbocycles. The summed E-state index contributed by atoms with van der Waals surface area (Å²) in [4.78, 5) is 13.5. The van der Waals surface area contributed by atoms with Gasteiger partial charge in [-0.2, -0.15) is 0 Å². The second-order valence-electron chi connectivity index (χ2n) is 10.5. The number of nitrogens with zero attached hydrogens (tertiary/aromatic N) is 4. The van der Waals surface area contributed by atoms with E-state index in [0.717, 1.165) is 36.0 Å². The molecule has 1 fully saturated rings. The summed E-state index contributed by atoms with van der Waals surface area (Å²) >= 11 is 0. The van der Waals surface area contributed by atoms with Gasteiger partial charge in [0.25, 0.3) is 0 Å². The Hall–Kier alpha value is -4.00. The second kappa shape index (κ2) is 12.9. The van der Waals surface area contributed by atoms with Crippen LogP contribution in [0.3, 0.4) is 0 Å². The molecule has 1 aliphatic rings. The molecule has 2 atom stereocenters. The molecule has 3 aromatic carbocycles.